The van der Waals surface area contributed by atoms with Crippen molar-refractivity contribution in [2.45, 2.75) is 43.0 Å². The molecule has 3 heterocycles. The molecule has 1 aromatic carbocycles. The monoisotopic (exact) mass is 321 g/mol. The molecule has 6 nitrogen and oxygen atoms in total. The Morgan fingerprint density at radius 3 is 2.00 bits per heavy atom. The Labute approximate surface area is 135 Å². The minimum atomic E-state index is -0.0795. The highest BCUT2D eigenvalue weighted by molar-refractivity contribution is 5.45. The fraction of sp³-hybridized carbons (Fsp3) is 0.647. The van der Waals surface area contributed by atoms with E-state index in [0.29, 0.717) is 24.1 Å². The fourth-order valence-electron chi connectivity index (χ4n) is 3.52. The molecule has 1 aromatic rings. The Morgan fingerprint density at radius 1 is 1.04 bits per heavy atom. The summed E-state index contributed by atoms with van der Waals surface area (Å²) in [5.41, 5.74) is 6.53. The summed E-state index contributed by atoms with van der Waals surface area (Å²) in [7, 11) is 0. The van der Waals surface area contributed by atoms with E-state index < -0.39 is 0 Å². The van der Waals surface area contributed by atoms with Crippen molar-refractivity contribution >= 4 is 0 Å². The van der Waals surface area contributed by atoms with Crippen LogP contribution in [0.4, 0.5) is 0 Å². The van der Waals surface area contributed by atoms with Crippen LogP contribution in [0.15, 0.2) is 18.2 Å². The van der Waals surface area contributed by atoms with Gasteiger partial charge in [-0.25, -0.2) is 0 Å². The molecule has 126 valence electrons. The van der Waals surface area contributed by atoms with Crippen LogP contribution in [-0.2, 0) is 19.6 Å². The third-order valence-corrected chi connectivity index (χ3v) is 4.87. The summed E-state index contributed by atoms with van der Waals surface area (Å²) >= 11 is 0. The molecule has 0 aromatic heterocycles. The molecule has 4 rings (SSSR count). The van der Waals surface area contributed by atoms with Gasteiger partial charge in [-0.2, -0.15) is 0 Å². The highest BCUT2D eigenvalue weighted by atomic mass is 16.6. The lowest BCUT2D eigenvalue weighted by Gasteiger charge is -2.34. The van der Waals surface area contributed by atoms with E-state index in [0.717, 1.165) is 44.6 Å². The highest BCUT2D eigenvalue weighted by Gasteiger charge is 2.47. The number of hydrogen-bond acceptors (Lipinski definition) is 6. The molecule has 3 aliphatic heterocycles. The molecule has 3 unspecified atom stereocenters. The van der Waals surface area contributed by atoms with Gasteiger partial charge in [0.2, 0.25) is 0 Å². The molecule has 6 heteroatoms. The number of aromatic hydroxyl groups is 1. The molecule has 0 radical (unpaired) electrons. The van der Waals surface area contributed by atoms with Gasteiger partial charge in [0.1, 0.15) is 6.73 Å². The molecule has 0 bridgehead atoms. The normalized spacial score (nSPS) is 30.6. The predicted octanol–water partition coefficient (Wildman–Crippen LogP) is 1.29. The lowest BCUT2D eigenvalue weighted by Crippen LogP contribution is -2.32. The van der Waals surface area contributed by atoms with Crippen molar-refractivity contribution < 1.29 is 24.1 Å². The minimum absolute atomic E-state index is 0.0349. The van der Waals surface area contributed by atoms with Crippen molar-refractivity contribution in [1.29, 1.82) is 0 Å². The number of phenolic OH excluding ortho intramolecular Hbond substituents is 1. The van der Waals surface area contributed by atoms with Gasteiger partial charge in [-0.3, -0.25) is 5.73 Å². The van der Waals surface area contributed by atoms with Gasteiger partial charge in [-0.05, 0) is 37.0 Å². The molecule has 0 aliphatic carbocycles. The number of nitrogens with two attached hydrogens (primary N) is 1. The van der Waals surface area contributed by atoms with E-state index in [4.69, 9.17) is 24.7 Å². The third kappa shape index (κ3) is 3.61. The van der Waals surface area contributed by atoms with Crippen LogP contribution >= 0.6 is 0 Å². The topological polar surface area (TPSA) is 93.1 Å². The summed E-state index contributed by atoms with van der Waals surface area (Å²) in [5, 5.41) is 9.96. The second-order valence-corrected chi connectivity index (χ2v) is 6.75. The van der Waals surface area contributed by atoms with E-state index >= 15 is 0 Å². The van der Waals surface area contributed by atoms with Crippen LogP contribution in [0, 0.1) is 0 Å². The van der Waals surface area contributed by atoms with Gasteiger partial charge < -0.3 is 24.1 Å². The fourth-order valence-corrected chi connectivity index (χ4v) is 3.52. The number of epoxide rings is 3. The molecular formula is C17H23NO5. The zero-order valence-electron chi connectivity index (χ0n) is 13.1. The summed E-state index contributed by atoms with van der Waals surface area (Å²) in [6.45, 7) is 2.50. The molecule has 0 spiro atoms. The van der Waals surface area contributed by atoms with E-state index in [2.05, 4.69) is 0 Å². The standard InChI is InChI=1S/C17H23NO5/c18-10-23-16-3-11(1-2-15(16)19)17(4-12-7-20-12,5-13-8-21-13)6-14-9-22-14/h1-3,12-14,19H,4-10,18H2. The quantitative estimate of drug-likeness (QED) is 0.526. The Kier molecular flexibility index (Phi) is 3.93. The first-order valence-corrected chi connectivity index (χ1v) is 8.20. The second-order valence-electron chi connectivity index (χ2n) is 6.75. The SMILES string of the molecule is NCOc1cc(C(CC2CO2)(CC2CO2)CC2CO2)ccc1O. The number of ether oxygens (including phenoxy) is 4. The molecular weight excluding hydrogens is 298 g/mol. The molecule has 0 amide bonds. The predicted molar refractivity (Wildman–Crippen MR) is 82.5 cm³/mol. The van der Waals surface area contributed by atoms with Crippen molar-refractivity contribution in [2.24, 2.45) is 5.73 Å². The van der Waals surface area contributed by atoms with Crippen LogP contribution in [0.3, 0.4) is 0 Å². The van der Waals surface area contributed by atoms with Crippen molar-refractivity contribution in [3.63, 3.8) is 0 Å². The van der Waals surface area contributed by atoms with Gasteiger partial charge in [0.05, 0.1) is 38.1 Å². The smallest absolute Gasteiger partial charge is 0.163 e. The maximum Gasteiger partial charge on any atom is 0.163 e. The van der Waals surface area contributed by atoms with E-state index in [-0.39, 0.29) is 17.9 Å². The van der Waals surface area contributed by atoms with Gasteiger partial charge in [0.25, 0.3) is 0 Å². The average Bonchev–Trinajstić information content (AvgIpc) is 3.34. The summed E-state index contributed by atoms with van der Waals surface area (Å²) in [4.78, 5) is 0. The summed E-state index contributed by atoms with van der Waals surface area (Å²) in [6.07, 6.45) is 3.75. The molecule has 23 heavy (non-hydrogen) atoms. The minimum Gasteiger partial charge on any atom is -0.504 e. The molecule has 3 atom stereocenters. The van der Waals surface area contributed by atoms with Crippen LogP contribution in [0.25, 0.3) is 0 Å². The van der Waals surface area contributed by atoms with E-state index in [9.17, 15) is 5.11 Å². The molecule has 0 saturated carbocycles. The lowest BCUT2D eigenvalue weighted by molar-refractivity contribution is 0.231. The third-order valence-electron chi connectivity index (χ3n) is 4.87. The molecule has 3 aliphatic rings. The number of benzene rings is 1. The van der Waals surface area contributed by atoms with Crippen LogP contribution in [0.2, 0.25) is 0 Å². The summed E-state index contributed by atoms with van der Waals surface area (Å²) in [6, 6.07) is 5.57. The Hall–Kier alpha value is -1.34. The summed E-state index contributed by atoms with van der Waals surface area (Å²) < 4.78 is 21.9. The largest absolute Gasteiger partial charge is 0.504 e. The number of hydrogen-bond donors (Lipinski definition) is 2. The van der Waals surface area contributed by atoms with E-state index in [1.54, 1.807) is 6.07 Å². The first-order valence-electron chi connectivity index (χ1n) is 8.20. The first-order chi connectivity index (χ1) is 11.2. The van der Waals surface area contributed by atoms with Gasteiger partial charge in [-0.1, -0.05) is 6.07 Å². The second kappa shape index (κ2) is 5.94. The number of rotatable bonds is 9. The Bertz CT molecular complexity index is 530. The highest BCUT2D eigenvalue weighted by Crippen LogP contribution is 2.47. The van der Waals surface area contributed by atoms with Gasteiger partial charge in [0.15, 0.2) is 11.5 Å². The summed E-state index contributed by atoms with van der Waals surface area (Å²) in [5.74, 6) is 0.542. The first kappa shape index (κ1) is 15.2. The van der Waals surface area contributed by atoms with Crippen molar-refractivity contribution in [1.82, 2.24) is 0 Å². The zero-order chi connectivity index (χ0) is 15.9. The van der Waals surface area contributed by atoms with Crippen LogP contribution in [0.1, 0.15) is 24.8 Å². The van der Waals surface area contributed by atoms with Gasteiger partial charge in [-0.15, -0.1) is 0 Å². The van der Waals surface area contributed by atoms with E-state index in [1.807, 2.05) is 12.1 Å². The maximum atomic E-state index is 9.96. The number of phenols is 1. The van der Waals surface area contributed by atoms with Crippen LogP contribution in [0.5, 0.6) is 11.5 Å². The molecule has 3 fully saturated rings. The molecule has 3 saturated heterocycles. The lowest BCUT2D eigenvalue weighted by atomic mass is 9.70. The van der Waals surface area contributed by atoms with E-state index in [1.165, 1.54) is 0 Å². The van der Waals surface area contributed by atoms with Gasteiger partial charge in [0, 0.05) is 5.41 Å². The van der Waals surface area contributed by atoms with Crippen molar-refractivity contribution in [3.05, 3.63) is 23.8 Å². The van der Waals surface area contributed by atoms with Crippen LogP contribution in [-0.4, -0.2) is 50.0 Å². The Balaban J connectivity index is 1.67. The van der Waals surface area contributed by atoms with Crippen molar-refractivity contribution in [2.75, 3.05) is 26.6 Å². The Morgan fingerprint density at radius 2 is 1.57 bits per heavy atom. The van der Waals surface area contributed by atoms with Crippen molar-refractivity contribution in [3.8, 4) is 11.5 Å². The zero-order valence-corrected chi connectivity index (χ0v) is 13.1. The average molecular weight is 321 g/mol. The van der Waals surface area contributed by atoms with Crippen LogP contribution < -0.4 is 10.5 Å². The maximum absolute atomic E-state index is 9.96. The van der Waals surface area contributed by atoms with Gasteiger partial charge >= 0.3 is 0 Å². The molecule has 3 N–H and O–H groups in total.